The Hall–Kier alpha value is -3.15. The molecule has 6 nitrogen and oxygen atoms in total. The van der Waals surface area contributed by atoms with Crippen molar-refractivity contribution in [2.24, 2.45) is 0 Å². The number of Topliss-reactive ketones (excluding diaryl/α,β-unsaturated/α-hetero) is 1. The van der Waals surface area contributed by atoms with E-state index in [2.05, 4.69) is 6.58 Å². The first kappa shape index (κ1) is 19.6. The molecule has 0 amide bonds. The van der Waals surface area contributed by atoms with Crippen molar-refractivity contribution in [1.82, 2.24) is 0 Å². The van der Waals surface area contributed by atoms with Crippen LogP contribution in [0.3, 0.4) is 0 Å². The smallest absolute Gasteiger partial charge is 0.203 e. The first-order chi connectivity index (χ1) is 13.2. The van der Waals surface area contributed by atoms with Gasteiger partial charge in [0.05, 0.1) is 25.7 Å². The summed E-state index contributed by atoms with van der Waals surface area (Å²) in [5.74, 6) is -0.186. The Morgan fingerprint density at radius 2 is 1.86 bits per heavy atom. The number of carbonyl (C=O) groups is 1. The number of phenolic OH excluding ortho intramolecular Hbond substituents is 2. The first-order valence-corrected chi connectivity index (χ1v) is 8.87. The van der Waals surface area contributed by atoms with Crippen molar-refractivity contribution in [3.8, 4) is 28.7 Å². The molecule has 3 rings (SSSR count). The van der Waals surface area contributed by atoms with Gasteiger partial charge < -0.3 is 24.4 Å². The van der Waals surface area contributed by atoms with E-state index in [1.165, 1.54) is 32.4 Å². The van der Waals surface area contributed by atoms with E-state index >= 15 is 0 Å². The predicted octanol–water partition coefficient (Wildman–Crippen LogP) is 3.94. The molecule has 1 atom stereocenters. The molecule has 0 bridgehead atoms. The summed E-state index contributed by atoms with van der Waals surface area (Å²) in [6, 6.07) is 6.11. The lowest BCUT2D eigenvalue weighted by Gasteiger charge is -2.29. The zero-order valence-corrected chi connectivity index (χ0v) is 16.4. The molecule has 0 saturated carbocycles. The van der Waals surface area contributed by atoms with Gasteiger partial charge in [0.25, 0.3) is 0 Å². The average molecular weight is 384 g/mol. The maximum atomic E-state index is 13.1. The molecule has 0 fully saturated rings. The van der Waals surface area contributed by atoms with Gasteiger partial charge in [-0.3, -0.25) is 4.79 Å². The second-order valence-corrected chi connectivity index (χ2v) is 7.26. The molecule has 1 aliphatic rings. The summed E-state index contributed by atoms with van der Waals surface area (Å²) in [5, 5.41) is 20.5. The van der Waals surface area contributed by atoms with Crippen molar-refractivity contribution in [2.45, 2.75) is 25.2 Å². The number of carbonyl (C=O) groups excluding carboxylic acids is 1. The van der Waals surface area contributed by atoms with Crippen molar-refractivity contribution in [3.63, 3.8) is 0 Å². The SMILES string of the molecule is C=CC(C)(C)c1cc(C2COc3cc(O)ccc3C2=O)c(O)c(OC)c1OC. The van der Waals surface area contributed by atoms with E-state index in [1.54, 1.807) is 12.1 Å². The van der Waals surface area contributed by atoms with E-state index < -0.39 is 11.3 Å². The van der Waals surface area contributed by atoms with E-state index in [-0.39, 0.29) is 29.6 Å². The monoisotopic (exact) mass is 384 g/mol. The van der Waals surface area contributed by atoms with Crippen LogP contribution in [-0.2, 0) is 5.41 Å². The zero-order chi connectivity index (χ0) is 20.6. The lowest BCUT2D eigenvalue weighted by molar-refractivity contribution is 0.0893. The van der Waals surface area contributed by atoms with Crippen molar-refractivity contribution < 1.29 is 29.2 Å². The minimum Gasteiger partial charge on any atom is -0.508 e. The van der Waals surface area contributed by atoms with E-state index in [0.29, 0.717) is 22.6 Å². The summed E-state index contributed by atoms with van der Waals surface area (Å²) >= 11 is 0. The Kier molecular flexibility index (Phi) is 4.98. The highest BCUT2D eigenvalue weighted by molar-refractivity contribution is 6.04. The topological polar surface area (TPSA) is 85.2 Å². The van der Waals surface area contributed by atoms with Gasteiger partial charge in [-0.2, -0.15) is 0 Å². The third-order valence-corrected chi connectivity index (χ3v) is 5.18. The third-order valence-electron chi connectivity index (χ3n) is 5.18. The Morgan fingerprint density at radius 3 is 2.46 bits per heavy atom. The molecule has 148 valence electrons. The van der Waals surface area contributed by atoms with E-state index in [0.717, 1.165) is 5.56 Å². The van der Waals surface area contributed by atoms with Gasteiger partial charge in [0.15, 0.2) is 17.3 Å². The molecule has 0 radical (unpaired) electrons. The van der Waals surface area contributed by atoms with Crippen LogP contribution in [0.25, 0.3) is 0 Å². The first-order valence-electron chi connectivity index (χ1n) is 8.87. The van der Waals surface area contributed by atoms with Crippen LogP contribution in [0.5, 0.6) is 28.7 Å². The lowest BCUT2D eigenvalue weighted by Crippen LogP contribution is -2.27. The maximum Gasteiger partial charge on any atom is 0.203 e. The Morgan fingerprint density at radius 1 is 1.18 bits per heavy atom. The predicted molar refractivity (Wildman–Crippen MR) is 105 cm³/mol. The van der Waals surface area contributed by atoms with Crippen molar-refractivity contribution in [3.05, 3.63) is 53.6 Å². The number of ketones is 1. The Labute approximate surface area is 164 Å². The van der Waals surface area contributed by atoms with Gasteiger partial charge in [-0.15, -0.1) is 6.58 Å². The van der Waals surface area contributed by atoms with Gasteiger partial charge in [-0.1, -0.05) is 19.9 Å². The van der Waals surface area contributed by atoms with E-state index in [9.17, 15) is 15.0 Å². The fourth-order valence-corrected chi connectivity index (χ4v) is 3.40. The normalized spacial score (nSPS) is 16.1. The zero-order valence-electron chi connectivity index (χ0n) is 16.4. The summed E-state index contributed by atoms with van der Waals surface area (Å²) in [5.41, 5.74) is 0.988. The van der Waals surface area contributed by atoms with Crippen LogP contribution in [0.4, 0.5) is 0 Å². The molecule has 0 spiro atoms. The van der Waals surface area contributed by atoms with Gasteiger partial charge >= 0.3 is 0 Å². The number of ether oxygens (including phenoxy) is 3. The lowest BCUT2D eigenvalue weighted by atomic mass is 9.80. The molecular weight excluding hydrogens is 360 g/mol. The highest BCUT2D eigenvalue weighted by Gasteiger charge is 2.36. The van der Waals surface area contributed by atoms with Crippen LogP contribution >= 0.6 is 0 Å². The number of hydrogen-bond acceptors (Lipinski definition) is 6. The van der Waals surface area contributed by atoms with Crippen molar-refractivity contribution in [2.75, 3.05) is 20.8 Å². The van der Waals surface area contributed by atoms with Gasteiger partial charge in [-0.05, 0) is 18.2 Å². The quantitative estimate of drug-likeness (QED) is 0.760. The Bertz CT molecular complexity index is 945. The fourth-order valence-electron chi connectivity index (χ4n) is 3.40. The average Bonchev–Trinajstić information content (AvgIpc) is 2.67. The van der Waals surface area contributed by atoms with Crippen molar-refractivity contribution >= 4 is 5.78 Å². The third kappa shape index (κ3) is 3.05. The summed E-state index contributed by atoms with van der Waals surface area (Å²) in [6.45, 7) is 7.82. The summed E-state index contributed by atoms with van der Waals surface area (Å²) in [7, 11) is 2.93. The molecule has 1 heterocycles. The molecule has 2 aromatic carbocycles. The molecule has 0 aromatic heterocycles. The van der Waals surface area contributed by atoms with Gasteiger partial charge in [0.1, 0.15) is 18.1 Å². The van der Waals surface area contributed by atoms with Gasteiger partial charge in [-0.25, -0.2) is 0 Å². The van der Waals surface area contributed by atoms with Crippen LogP contribution in [0, 0.1) is 0 Å². The minimum absolute atomic E-state index is 0.0222. The molecule has 0 aliphatic carbocycles. The van der Waals surface area contributed by atoms with Crippen LogP contribution < -0.4 is 14.2 Å². The number of allylic oxidation sites excluding steroid dienone is 1. The molecular formula is C22H24O6. The van der Waals surface area contributed by atoms with Crippen LogP contribution in [0.2, 0.25) is 0 Å². The fraction of sp³-hybridized carbons (Fsp3) is 0.318. The number of phenols is 2. The summed E-state index contributed by atoms with van der Waals surface area (Å²) in [6.07, 6.45) is 1.77. The molecule has 0 saturated heterocycles. The molecule has 6 heteroatoms. The molecule has 2 aromatic rings. The summed E-state index contributed by atoms with van der Waals surface area (Å²) < 4.78 is 16.6. The largest absolute Gasteiger partial charge is 0.508 e. The van der Waals surface area contributed by atoms with Gasteiger partial charge in [0.2, 0.25) is 5.75 Å². The van der Waals surface area contributed by atoms with Crippen LogP contribution in [-0.4, -0.2) is 36.8 Å². The van der Waals surface area contributed by atoms with Gasteiger partial charge in [0, 0.05) is 22.6 Å². The van der Waals surface area contributed by atoms with E-state index in [1.807, 2.05) is 13.8 Å². The second kappa shape index (κ2) is 7.11. The maximum absolute atomic E-state index is 13.1. The molecule has 2 N–H and O–H groups in total. The van der Waals surface area contributed by atoms with Crippen LogP contribution in [0.15, 0.2) is 36.9 Å². The molecule has 1 unspecified atom stereocenters. The minimum atomic E-state index is -0.726. The van der Waals surface area contributed by atoms with Crippen LogP contribution in [0.1, 0.15) is 41.3 Å². The van der Waals surface area contributed by atoms with Crippen molar-refractivity contribution in [1.29, 1.82) is 0 Å². The molecule has 1 aliphatic heterocycles. The number of rotatable bonds is 5. The highest BCUT2D eigenvalue weighted by Crippen LogP contribution is 2.49. The molecule has 28 heavy (non-hydrogen) atoms. The number of hydrogen-bond donors (Lipinski definition) is 2. The summed E-state index contributed by atoms with van der Waals surface area (Å²) in [4.78, 5) is 13.1. The number of benzene rings is 2. The van der Waals surface area contributed by atoms with E-state index in [4.69, 9.17) is 14.2 Å². The highest BCUT2D eigenvalue weighted by atomic mass is 16.5. The Balaban J connectivity index is 2.19. The number of methoxy groups -OCH3 is 2. The second-order valence-electron chi connectivity index (χ2n) is 7.26. The number of aromatic hydroxyl groups is 2. The standard InChI is InChI=1S/C22H24O6/c1-6-22(2,3)16-10-14(19(25)21(27-5)20(16)26-4)15-11-28-17-9-12(23)7-8-13(17)18(15)24/h6-10,15,23,25H,1,11H2,2-5H3. The number of fused-ring (bicyclic) bond motifs is 1.